The maximum Gasteiger partial charge on any atom is 0.320 e. The van der Waals surface area contributed by atoms with Crippen LogP contribution in [0.25, 0.3) is 0 Å². The van der Waals surface area contributed by atoms with Crippen molar-refractivity contribution in [3.8, 4) is 0 Å². The maximum absolute atomic E-state index is 10.0. The van der Waals surface area contributed by atoms with E-state index in [4.69, 9.17) is 10.8 Å². The molecule has 0 spiro atoms. The van der Waals surface area contributed by atoms with Crippen LogP contribution >= 0.6 is 17.0 Å². The molecule has 0 aliphatic heterocycles. The summed E-state index contributed by atoms with van der Waals surface area (Å²) in [6, 6.07) is -0.713. The Labute approximate surface area is 65.0 Å². The van der Waals surface area contributed by atoms with Gasteiger partial charge in [-0.3, -0.25) is 4.79 Å². The second-order valence-electron chi connectivity index (χ2n) is 2.11. The fourth-order valence-corrected chi connectivity index (χ4v) is 0.285. The van der Waals surface area contributed by atoms with Gasteiger partial charge in [0.25, 0.3) is 0 Å². The number of hydrogen-bond donors (Lipinski definition) is 2. The first-order valence-corrected chi connectivity index (χ1v) is 2.54. The molecule has 56 valence electrons. The Hall–Kier alpha value is -0.0900. The Morgan fingerprint density at radius 2 is 1.89 bits per heavy atom. The summed E-state index contributed by atoms with van der Waals surface area (Å²) in [5, 5.41) is 8.23. The summed E-state index contributed by atoms with van der Waals surface area (Å²) in [4.78, 5) is 10.0. The Balaban J connectivity index is 0. The van der Waals surface area contributed by atoms with Gasteiger partial charge in [-0.2, -0.15) is 0 Å². The number of carboxylic acids is 1. The molecule has 0 aromatic heterocycles. The lowest BCUT2D eigenvalue weighted by Gasteiger charge is -2.07. The lowest BCUT2D eigenvalue weighted by atomic mass is 10.1. The van der Waals surface area contributed by atoms with Crippen molar-refractivity contribution in [1.82, 2.24) is 0 Å². The quantitative estimate of drug-likeness (QED) is 0.683. The molecule has 0 aliphatic carbocycles. The summed E-state index contributed by atoms with van der Waals surface area (Å²) in [5.41, 5.74) is 5.16. The molecule has 3 N–H and O–H groups in total. The van der Waals surface area contributed by atoms with Gasteiger partial charge in [-0.05, 0) is 5.92 Å². The van der Waals surface area contributed by atoms with Crippen LogP contribution < -0.4 is 5.73 Å². The summed E-state index contributed by atoms with van der Waals surface area (Å²) in [7, 11) is 0. The van der Waals surface area contributed by atoms with Crippen molar-refractivity contribution in [2.24, 2.45) is 11.7 Å². The van der Waals surface area contributed by atoms with Gasteiger partial charge in [-0.1, -0.05) is 13.8 Å². The predicted molar refractivity (Wildman–Crippen MR) is 40.8 cm³/mol. The molecule has 0 fully saturated rings. The van der Waals surface area contributed by atoms with E-state index in [1.54, 1.807) is 13.8 Å². The highest BCUT2D eigenvalue weighted by atomic mass is 79.9. The number of hydrogen-bond acceptors (Lipinski definition) is 2. The van der Waals surface area contributed by atoms with Gasteiger partial charge in [-0.15, -0.1) is 17.0 Å². The first kappa shape index (κ1) is 11.7. The highest BCUT2D eigenvalue weighted by Gasteiger charge is 2.14. The number of halogens is 1. The molecule has 0 bridgehead atoms. The highest BCUT2D eigenvalue weighted by molar-refractivity contribution is 8.93. The van der Waals surface area contributed by atoms with Gasteiger partial charge in [0.1, 0.15) is 6.04 Å². The van der Waals surface area contributed by atoms with Crippen LogP contribution in [0.1, 0.15) is 13.8 Å². The molecule has 9 heavy (non-hydrogen) atoms. The minimum Gasteiger partial charge on any atom is -0.480 e. The molecule has 0 amide bonds. The van der Waals surface area contributed by atoms with E-state index in [2.05, 4.69) is 0 Å². The predicted octanol–water partition coefficient (Wildman–Crippen LogP) is 0.632. The van der Waals surface area contributed by atoms with Gasteiger partial charge < -0.3 is 10.8 Å². The zero-order chi connectivity index (χ0) is 6.73. The summed E-state index contributed by atoms with van der Waals surface area (Å²) in [5.74, 6) is -0.910. The fraction of sp³-hybridized carbons (Fsp3) is 0.800. The lowest BCUT2D eigenvalue weighted by molar-refractivity contribution is -0.139. The molecule has 3 nitrogen and oxygen atoms in total. The van der Waals surface area contributed by atoms with Crippen LogP contribution in [0, 0.1) is 5.92 Å². The average Bonchev–Trinajstić information content (AvgIpc) is 1.64. The topological polar surface area (TPSA) is 63.3 Å². The summed E-state index contributed by atoms with van der Waals surface area (Å²) in [6.07, 6.45) is 0. The first-order valence-electron chi connectivity index (χ1n) is 2.54. The monoisotopic (exact) mass is 197 g/mol. The van der Waals surface area contributed by atoms with Gasteiger partial charge in [0.05, 0.1) is 0 Å². The molecule has 0 radical (unpaired) electrons. The van der Waals surface area contributed by atoms with E-state index in [0.717, 1.165) is 0 Å². The molecule has 1 atom stereocenters. The largest absolute Gasteiger partial charge is 0.480 e. The van der Waals surface area contributed by atoms with Crippen LogP contribution in [0.3, 0.4) is 0 Å². The fourth-order valence-electron chi connectivity index (χ4n) is 0.285. The van der Waals surface area contributed by atoms with Crippen molar-refractivity contribution < 1.29 is 9.90 Å². The van der Waals surface area contributed by atoms with Gasteiger partial charge in [0.15, 0.2) is 0 Å². The van der Waals surface area contributed by atoms with Crippen LogP contribution in [0.4, 0.5) is 0 Å². The third-order valence-electron chi connectivity index (χ3n) is 1.00. The van der Waals surface area contributed by atoms with Crippen LogP contribution in [0.5, 0.6) is 0 Å². The number of carbonyl (C=O) groups is 1. The molecule has 0 unspecified atom stereocenters. The number of aliphatic carboxylic acids is 1. The maximum atomic E-state index is 10.0. The van der Waals surface area contributed by atoms with Crippen LogP contribution in [-0.4, -0.2) is 17.1 Å². The number of carboxylic acid groups (broad SMARTS) is 1. The standard InChI is InChI=1S/C5H11NO2.BrH/c1-3(2)4(6)5(7)8;/h3-4H,6H2,1-2H3,(H,7,8);1H/t4-;/m0./s1. The second kappa shape index (κ2) is 4.76. The molecule has 0 aromatic carbocycles. The zero-order valence-corrected chi connectivity index (χ0v) is 7.21. The van der Waals surface area contributed by atoms with Gasteiger partial charge >= 0.3 is 5.97 Å². The molecule has 0 aromatic rings. The molecule has 4 heteroatoms. The van der Waals surface area contributed by atoms with Crippen LogP contribution in [-0.2, 0) is 4.79 Å². The van der Waals surface area contributed by atoms with E-state index in [9.17, 15) is 4.79 Å². The third kappa shape index (κ3) is 4.42. The molecular weight excluding hydrogens is 186 g/mol. The second-order valence-corrected chi connectivity index (χ2v) is 2.11. The van der Waals surface area contributed by atoms with Crippen LogP contribution in [0.15, 0.2) is 0 Å². The minimum absolute atomic E-state index is 0. The van der Waals surface area contributed by atoms with Crippen LogP contribution in [0.2, 0.25) is 0 Å². The van der Waals surface area contributed by atoms with Crippen molar-refractivity contribution in [2.75, 3.05) is 0 Å². The van der Waals surface area contributed by atoms with E-state index in [1.165, 1.54) is 0 Å². The van der Waals surface area contributed by atoms with Gasteiger partial charge in [0, 0.05) is 0 Å². The number of rotatable bonds is 2. The minimum atomic E-state index is -0.931. The Morgan fingerprint density at radius 3 is 1.89 bits per heavy atom. The third-order valence-corrected chi connectivity index (χ3v) is 1.00. The van der Waals surface area contributed by atoms with Gasteiger partial charge in [-0.25, -0.2) is 0 Å². The highest BCUT2D eigenvalue weighted by Crippen LogP contribution is 1.96. The first-order chi connectivity index (χ1) is 3.55. The zero-order valence-electron chi connectivity index (χ0n) is 5.50. The average molecular weight is 198 g/mol. The molecule has 0 aliphatic rings. The smallest absolute Gasteiger partial charge is 0.320 e. The van der Waals surface area contributed by atoms with E-state index in [0.29, 0.717) is 0 Å². The Bertz CT molecular complexity index is 95.0. The number of nitrogens with two attached hydrogens (primary N) is 1. The Kier molecular flexibility index (Phi) is 6.17. The van der Waals surface area contributed by atoms with Gasteiger partial charge in [0.2, 0.25) is 0 Å². The molecule has 0 saturated heterocycles. The SMILES string of the molecule is Br.CC(C)[C@H](N)C(=O)O. The molecule has 0 saturated carbocycles. The lowest BCUT2D eigenvalue weighted by Crippen LogP contribution is -2.34. The van der Waals surface area contributed by atoms with E-state index >= 15 is 0 Å². The Morgan fingerprint density at radius 1 is 1.56 bits per heavy atom. The molecule has 0 heterocycles. The summed E-state index contributed by atoms with van der Waals surface area (Å²) < 4.78 is 0. The van der Waals surface area contributed by atoms with Crippen molar-refractivity contribution in [1.29, 1.82) is 0 Å². The van der Waals surface area contributed by atoms with Crippen molar-refractivity contribution >= 4 is 23.0 Å². The van der Waals surface area contributed by atoms with Crippen molar-refractivity contribution in [2.45, 2.75) is 19.9 Å². The van der Waals surface area contributed by atoms with Crippen molar-refractivity contribution in [3.05, 3.63) is 0 Å². The van der Waals surface area contributed by atoms with Crippen molar-refractivity contribution in [3.63, 3.8) is 0 Å². The molecule has 0 rings (SSSR count). The summed E-state index contributed by atoms with van der Waals surface area (Å²) in [6.45, 7) is 3.55. The normalized spacial score (nSPS) is 12.4. The van der Waals surface area contributed by atoms with E-state index in [1.807, 2.05) is 0 Å². The molecular formula is C5H12BrNO2. The van der Waals surface area contributed by atoms with E-state index in [-0.39, 0.29) is 22.9 Å². The van der Waals surface area contributed by atoms with E-state index < -0.39 is 12.0 Å². The summed E-state index contributed by atoms with van der Waals surface area (Å²) >= 11 is 0.